The van der Waals surface area contributed by atoms with Crippen molar-refractivity contribution in [3.63, 3.8) is 0 Å². The number of aryl methyl sites for hydroxylation is 1. The van der Waals surface area contributed by atoms with Crippen molar-refractivity contribution >= 4 is 29.1 Å². The first-order chi connectivity index (χ1) is 18.4. The van der Waals surface area contributed by atoms with Gasteiger partial charge in [0.25, 0.3) is 5.91 Å². The zero-order valence-corrected chi connectivity index (χ0v) is 21.1. The number of para-hydroxylation sites is 1. The third kappa shape index (κ3) is 2.90. The van der Waals surface area contributed by atoms with Gasteiger partial charge < -0.3 is 5.32 Å². The van der Waals surface area contributed by atoms with E-state index in [1.807, 2.05) is 62.4 Å². The van der Waals surface area contributed by atoms with Gasteiger partial charge in [-0.1, -0.05) is 66.7 Å². The van der Waals surface area contributed by atoms with Crippen LogP contribution < -0.4 is 10.2 Å². The molecule has 1 heterocycles. The highest BCUT2D eigenvalue weighted by Gasteiger charge is 2.68. The molecule has 8 rings (SSSR count). The Morgan fingerprint density at radius 3 is 1.92 bits per heavy atom. The molecule has 3 aliphatic carbocycles. The number of amides is 3. The van der Waals surface area contributed by atoms with Gasteiger partial charge in [-0.15, -0.1) is 0 Å². The van der Waals surface area contributed by atoms with Crippen molar-refractivity contribution in [1.29, 1.82) is 0 Å². The number of carbonyl (C=O) groups is 3. The summed E-state index contributed by atoms with van der Waals surface area (Å²) in [5, 5.41) is 2.93. The third-order valence-corrected chi connectivity index (χ3v) is 8.79. The number of nitrogens with one attached hydrogen (secondary N) is 1. The molecule has 5 nitrogen and oxygen atoms in total. The summed E-state index contributed by atoms with van der Waals surface area (Å²) in [6.45, 7) is 3.90. The van der Waals surface area contributed by atoms with Crippen LogP contribution in [0.15, 0.2) is 97.1 Å². The quantitative estimate of drug-likeness (QED) is 0.351. The number of nitrogens with zero attached hydrogens (tertiary/aromatic N) is 1. The van der Waals surface area contributed by atoms with E-state index >= 15 is 0 Å². The van der Waals surface area contributed by atoms with Gasteiger partial charge in [-0.25, -0.2) is 4.90 Å². The number of anilines is 2. The Labute approximate surface area is 221 Å². The van der Waals surface area contributed by atoms with E-state index in [2.05, 4.69) is 29.6 Å². The van der Waals surface area contributed by atoms with Crippen LogP contribution in [0.1, 0.15) is 56.9 Å². The molecule has 0 aromatic heterocycles. The zero-order chi connectivity index (χ0) is 26.2. The Morgan fingerprint density at radius 2 is 1.32 bits per heavy atom. The van der Waals surface area contributed by atoms with Gasteiger partial charge in [0, 0.05) is 23.1 Å². The fourth-order valence-corrected chi connectivity index (χ4v) is 7.03. The van der Waals surface area contributed by atoms with Crippen molar-refractivity contribution in [2.75, 3.05) is 10.2 Å². The number of hydrogen-bond donors (Lipinski definition) is 1. The summed E-state index contributed by atoms with van der Waals surface area (Å²) < 4.78 is 0. The van der Waals surface area contributed by atoms with Crippen LogP contribution in [-0.4, -0.2) is 17.7 Å². The first kappa shape index (κ1) is 22.7. The lowest BCUT2D eigenvalue weighted by molar-refractivity contribution is -0.128. The van der Waals surface area contributed by atoms with E-state index < -0.39 is 11.3 Å². The molecular formula is C33H26N2O3. The summed E-state index contributed by atoms with van der Waals surface area (Å²) in [6, 6.07) is 30.8. The van der Waals surface area contributed by atoms with Crippen LogP contribution in [-0.2, 0) is 9.59 Å². The monoisotopic (exact) mass is 498 g/mol. The largest absolute Gasteiger partial charge is 0.322 e. The number of rotatable bonds is 3. The average molecular weight is 499 g/mol. The van der Waals surface area contributed by atoms with Gasteiger partial charge in [0.2, 0.25) is 11.8 Å². The van der Waals surface area contributed by atoms with Gasteiger partial charge >= 0.3 is 0 Å². The van der Waals surface area contributed by atoms with Gasteiger partial charge in [0.05, 0.1) is 17.0 Å². The summed E-state index contributed by atoms with van der Waals surface area (Å²) in [5.74, 6) is -1.43. The molecule has 1 aliphatic heterocycles. The van der Waals surface area contributed by atoms with Crippen molar-refractivity contribution < 1.29 is 14.4 Å². The van der Waals surface area contributed by atoms with Crippen molar-refractivity contribution in [3.05, 3.63) is 130 Å². The highest BCUT2D eigenvalue weighted by molar-refractivity contribution is 6.25. The summed E-state index contributed by atoms with van der Waals surface area (Å²) >= 11 is 0. The number of benzene rings is 4. The minimum Gasteiger partial charge on any atom is -0.322 e. The smallest absolute Gasteiger partial charge is 0.255 e. The number of carbonyl (C=O) groups excluding carboxylic acids is 3. The highest BCUT2D eigenvalue weighted by Crippen LogP contribution is 2.67. The zero-order valence-electron chi connectivity index (χ0n) is 21.1. The van der Waals surface area contributed by atoms with E-state index in [0.717, 1.165) is 33.5 Å². The predicted molar refractivity (Wildman–Crippen MR) is 146 cm³/mol. The van der Waals surface area contributed by atoms with Crippen LogP contribution in [0.5, 0.6) is 0 Å². The van der Waals surface area contributed by atoms with Crippen LogP contribution in [0.2, 0.25) is 0 Å². The Morgan fingerprint density at radius 1 is 0.763 bits per heavy atom. The van der Waals surface area contributed by atoms with E-state index in [0.29, 0.717) is 11.3 Å². The van der Waals surface area contributed by atoms with E-state index in [4.69, 9.17) is 0 Å². The average Bonchev–Trinajstić information content (AvgIpc) is 3.15. The molecule has 1 N–H and O–H groups in total. The fourth-order valence-electron chi connectivity index (χ4n) is 7.03. The molecule has 4 aromatic carbocycles. The van der Waals surface area contributed by atoms with Crippen LogP contribution >= 0.6 is 0 Å². The Balaban J connectivity index is 1.26. The molecule has 38 heavy (non-hydrogen) atoms. The molecule has 5 heteroatoms. The lowest BCUT2D eigenvalue weighted by atomic mass is 9.48. The van der Waals surface area contributed by atoms with E-state index in [9.17, 15) is 14.4 Å². The first-order valence-corrected chi connectivity index (χ1v) is 12.9. The molecule has 1 fully saturated rings. The molecule has 3 amide bonds. The first-order valence-electron chi connectivity index (χ1n) is 12.9. The van der Waals surface area contributed by atoms with Crippen LogP contribution in [0, 0.1) is 18.3 Å². The summed E-state index contributed by atoms with van der Waals surface area (Å²) in [7, 11) is 0. The maximum absolute atomic E-state index is 14.2. The summed E-state index contributed by atoms with van der Waals surface area (Å²) in [4.78, 5) is 42.5. The minimum absolute atomic E-state index is 0.169. The molecule has 4 aromatic rings. The standard InChI is InChI=1S/C33H26N2O3/c1-19-9-3-8-14-26(19)34-30(36)20-15-17-21(18-16-20)35-31(37)29-27-22-10-4-6-12-24(22)28(33(29,2)32(35)38)25-13-7-5-11-23(25)27/h3-18,27-29H,1-2H3,(H,34,36). The number of imide groups is 1. The van der Waals surface area contributed by atoms with E-state index in [-0.39, 0.29) is 29.6 Å². The number of hydrogen-bond acceptors (Lipinski definition) is 3. The molecule has 4 aliphatic rings. The molecule has 0 radical (unpaired) electrons. The van der Waals surface area contributed by atoms with Crippen LogP contribution in [0.3, 0.4) is 0 Å². The lowest BCUT2D eigenvalue weighted by Crippen LogP contribution is -2.49. The highest BCUT2D eigenvalue weighted by atomic mass is 16.2. The molecule has 2 bridgehead atoms. The molecule has 0 spiro atoms. The van der Waals surface area contributed by atoms with Gasteiger partial charge in [0.1, 0.15) is 0 Å². The topological polar surface area (TPSA) is 66.5 Å². The SMILES string of the molecule is Cc1ccccc1NC(=O)c1ccc(N2C(=O)C3C4c5ccccc5C(c5ccccc54)C3(C)C2=O)cc1. The minimum atomic E-state index is -0.884. The van der Waals surface area contributed by atoms with Gasteiger partial charge in [0.15, 0.2) is 0 Å². The molecular weight excluding hydrogens is 472 g/mol. The van der Waals surface area contributed by atoms with Crippen molar-refractivity contribution in [1.82, 2.24) is 0 Å². The molecule has 2 unspecified atom stereocenters. The molecule has 186 valence electrons. The van der Waals surface area contributed by atoms with Crippen molar-refractivity contribution in [2.45, 2.75) is 25.7 Å². The van der Waals surface area contributed by atoms with Gasteiger partial charge in [-0.3, -0.25) is 14.4 Å². The van der Waals surface area contributed by atoms with Crippen LogP contribution in [0.25, 0.3) is 0 Å². The maximum atomic E-state index is 14.2. The van der Waals surface area contributed by atoms with Crippen LogP contribution in [0.4, 0.5) is 11.4 Å². The second-order valence-electron chi connectivity index (χ2n) is 10.7. The van der Waals surface area contributed by atoms with E-state index in [1.54, 1.807) is 24.3 Å². The third-order valence-electron chi connectivity index (χ3n) is 8.79. The second kappa shape index (κ2) is 7.99. The normalized spacial score (nSPS) is 24.6. The lowest BCUT2D eigenvalue weighted by Gasteiger charge is -2.51. The van der Waals surface area contributed by atoms with Gasteiger partial charge in [-0.2, -0.15) is 0 Å². The summed E-state index contributed by atoms with van der Waals surface area (Å²) in [5.41, 5.74) is 6.36. The maximum Gasteiger partial charge on any atom is 0.255 e. The van der Waals surface area contributed by atoms with E-state index in [1.165, 1.54) is 4.90 Å². The molecule has 0 saturated carbocycles. The van der Waals surface area contributed by atoms with Crippen molar-refractivity contribution in [2.24, 2.45) is 11.3 Å². The van der Waals surface area contributed by atoms with Gasteiger partial charge in [-0.05, 0) is 72.0 Å². The Kier molecular flexibility index (Phi) is 4.77. The van der Waals surface area contributed by atoms with Crippen molar-refractivity contribution in [3.8, 4) is 0 Å². The predicted octanol–water partition coefficient (Wildman–Crippen LogP) is 6.03. The summed E-state index contributed by atoms with van der Waals surface area (Å²) in [6.07, 6.45) is 0. The molecule has 2 atom stereocenters. The fraction of sp³-hybridized carbons (Fsp3) is 0.182. The molecule has 1 saturated heterocycles. The Bertz CT molecular complexity index is 1610. The second-order valence-corrected chi connectivity index (χ2v) is 10.7. The Hall–Kier alpha value is -4.51.